The van der Waals surface area contributed by atoms with Gasteiger partial charge in [0.2, 0.25) is 11.7 Å². The quantitative estimate of drug-likeness (QED) is 0.594. The van der Waals surface area contributed by atoms with Gasteiger partial charge in [0.05, 0.1) is 18.7 Å². The first-order valence-electron chi connectivity index (χ1n) is 11.0. The van der Waals surface area contributed by atoms with Crippen molar-refractivity contribution < 1.29 is 18.8 Å². The third-order valence-electron chi connectivity index (χ3n) is 6.30. The second-order valence-electron chi connectivity index (χ2n) is 8.44. The second-order valence-corrected chi connectivity index (χ2v) is 8.44. The highest BCUT2D eigenvalue weighted by molar-refractivity contribution is 6.00. The molecule has 33 heavy (non-hydrogen) atoms. The van der Waals surface area contributed by atoms with Crippen LogP contribution < -0.4 is 0 Å². The molecule has 9 nitrogen and oxygen atoms in total. The van der Waals surface area contributed by atoms with E-state index in [2.05, 4.69) is 20.0 Å². The molecule has 174 valence electrons. The predicted molar refractivity (Wildman–Crippen MR) is 122 cm³/mol. The number of aryl methyl sites for hydroxylation is 2. The van der Waals surface area contributed by atoms with Crippen molar-refractivity contribution >= 4 is 11.9 Å². The van der Waals surface area contributed by atoms with Gasteiger partial charge in [0.15, 0.2) is 0 Å². The summed E-state index contributed by atoms with van der Waals surface area (Å²) in [6.07, 6.45) is 0. The molecular formula is C24H29N5O4. The molecule has 3 heterocycles. The molecule has 1 fully saturated rings. The van der Waals surface area contributed by atoms with Crippen molar-refractivity contribution in [3.63, 3.8) is 0 Å². The summed E-state index contributed by atoms with van der Waals surface area (Å²) in [5.41, 5.74) is 4.21. The third-order valence-corrected chi connectivity index (χ3v) is 6.30. The fourth-order valence-electron chi connectivity index (χ4n) is 4.22. The lowest BCUT2D eigenvalue weighted by molar-refractivity contribution is 0.0546. The fraction of sp³-hybridized carbons (Fsp3) is 0.417. The van der Waals surface area contributed by atoms with E-state index < -0.39 is 5.97 Å². The molecule has 0 aliphatic carbocycles. The number of benzene rings is 1. The molecule has 4 rings (SSSR count). The SMILES string of the molecule is COC(=O)c1c(C)[nH]c(C(=O)N2CCN(C(C)c3nc(-c4ccc(C)cc4)no3)CC2)c1C. The van der Waals surface area contributed by atoms with Crippen LogP contribution in [0.4, 0.5) is 0 Å². The number of amides is 1. The lowest BCUT2D eigenvalue weighted by Crippen LogP contribution is -2.49. The molecule has 1 saturated heterocycles. The molecule has 9 heteroatoms. The van der Waals surface area contributed by atoms with E-state index in [1.165, 1.54) is 12.7 Å². The van der Waals surface area contributed by atoms with Crippen LogP contribution in [0.3, 0.4) is 0 Å². The van der Waals surface area contributed by atoms with Gasteiger partial charge in [0.1, 0.15) is 5.69 Å². The van der Waals surface area contributed by atoms with E-state index in [0.717, 1.165) is 5.56 Å². The molecule has 0 bridgehead atoms. The Balaban J connectivity index is 1.40. The molecule has 1 aliphatic heterocycles. The van der Waals surface area contributed by atoms with Crippen LogP contribution in [-0.4, -0.2) is 70.1 Å². The van der Waals surface area contributed by atoms with Crippen LogP contribution in [0, 0.1) is 20.8 Å². The summed E-state index contributed by atoms with van der Waals surface area (Å²) in [5.74, 6) is 0.578. The van der Waals surface area contributed by atoms with E-state index >= 15 is 0 Å². The standard InChI is InChI=1S/C24H29N5O4/c1-14-6-8-18(9-7-14)21-26-22(33-27-21)17(4)28-10-12-29(13-11-28)23(30)20-15(2)19(16(3)25-20)24(31)32-5/h6-9,17,25H,10-13H2,1-5H3. The molecule has 1 unspecified atom stereocenters. The van der Waals surface area contributed by atoms with E-state index in [4.69, 9.17) is 9.26 Å². The Bertz CT molecular complexity index is 1160. The number of hydrogen-bond acceptors (Lipinski definition) is 7. The maximum Gasteiger partial charge on any atom is 0.339 e. The zero-order valence-corrected chi connectivity index (χ0v) is 19.6. The molecule has 1 aromatic carbocycles. The van der Waals surface area contributed by atoms with Crippen molar-refractivity contribution in [1.29, 1.82) is 0 Å². The minimum absolute atomic E-state index is 0.0608. The van der Waals surface area contributed by atoms with Crippen LogP contribution in [0.5, 0.6) is 0 Å². The summed E-state index contributed by atoms with van der Waals surface area (Å²) in [7, 11) is 1.34. The van der Waals surface area contributed by atoms with Gasteiger partial charge in [-0.15, -0.1) is 0 Å². The van der Waals surface area contributed by atoms with Crippen LogP contribution in [0.15, 0.2) is 28.8 Å². The number of carbonyl (C=O) groups excluding carboxylic acids is 2. The number of H-pyrrole nitrogens is 1. The van der Waals surface area contributed by atoms with Gasteiger partial charge in [-0.1, -0.05) is 35.0 Å². The molecule has 1 aliphatic rings. The van der Waals surface area contributed by atoms with Crippen molar-refractivity contribution in [2.75, 3.05) is 33.3 Å². The monoisotopic (exact) mass is 451 g/mol. The number of esters is 1. The fourth-order valence-corrected chi connectivity index (χ4v) is 4.22. The summed E-state index contributed by atoms with van der Waals surface area (Å²) in [5, 5.41) is 4.14. The van der Waals surface area contributed by atoms with Gasteiger partial charge < -0.3 is 19.1 Å². The van der Waals surface area contributed by atoms with Crippen LogP contribution in [0.1, 0.15) is 56.5 Å². The van der Waals surface area contributed by atoms with Crippen molar-refractivity contribution in [2.45, 2.75) is 33.7 Å². The Labute approximate surface area is 192 Å². The summed E-state index contributed by atoms with van der Waals surface area (Å²) in [6.45, 7) is 10.1. The minimum Gasteiger partial charge on any atom is -0.465 e. The average molecular weight is 452 g/mol. The van der Waals surface area contributed by atoms with Gasteiger partial charge in [-0.3, -0.25) is 9.69 Å². The number of piperazine rings is 1. The number of methoxy groups -OCH3 is 1. The Hall–Kier alpha value is -3.46. The van der Waals surface area contributed by atoms with E-state index in [0.29, 0.717) is 60.4 Å². The number of carbonyl (C=O) groups is 2. The van der Waals surface area contributed by atoms with Gasteiger partial charge >= 0.3 is 5.97 Å². The van der Waals surface area contributed by atoms with E-state index in [9.17, 15) is 9.59 Å². The van der Waals surface area contributed by atoms with Crippen LogP contribution in [0.2, 0.25) is 0 Å². The molecule has 0 saturated carbocycles. The largest absolute Gasteiger partial charge is 0.465 e. The highest BCUT2D eigenvalue weighted by Gasteiger charge is 2.30. The lowest BCUT2D eigenvalue weighted by atomic mass is 10.1. The van der Waals surface area contributed by atoms with Crippen molar-refractivity contribution in [2.24, 2.45) is 0 Å². The number of aromatic amines is 1. The molecule has 1 atom stereocenters. The highest BCUT2D eigenvalue weighted by atomic mass is 16.5. The predicted octanol–water partition coefficient (Wildman–Crippen LogP) is 3.30. The van der Waals surface area contributed by atoms with Crippen molar-refractivity contribution in [3.8, 4) is 11.4 Å². The van der Waals surface area contributed by atoms with Gasteiger partial charge in [0, 0.05) is 37.4 Å². The highest BCUT2D eigenvalue weighted by Crippen LogP contribution is 2.25. The second kappa shape index (κ2) is 9.19. The molecule has 0 spiro atoms. The van der Waals surface area contributed by atoms with Crippen LogP contribution in [0.25, 0.3) is 11.4 Å². The minimum atomic E-state index is -0.441. The first kappa shape index (κ1) is 22.7. The van der Waals surface area contributed by atoms with Crippen LogP contribution >= 0.6 is 0 Å². The topological polar surface area (TPSA) is 105 Å². The average Bonchev–Trinajstić information content (AvgIpc) is 3.43. The zero-order valence-electron chi connectivity index (χ0n) is 19.6. The van der Waals surface area contributed by atoms with Crippen molar-refractivity contribution in [1.82, 2.24) is 24.9 Å². The number of nitrogens with one attached hydrogen (secondary N) is 1. The normalized spacial score (nSPS) is 15.5. The summed E-state index contributed by atoms with van der Waals surface area (Å²) in [4.78, 5) is 36.8. The Morgan fingerprint density at radius 3 is 2.39 bits per heavy atom. The van der Waals surface area contributed by atoms with Gasteiger partial charge in [-0.05, 0) is 33.3 Å². The molecule has 1 N–H and O–H groups in total. The number of nitrogens with zero attached hydrogens (tertiary/aromatic N) is 4. The number of aromatic nitrogens is 3. The van der Waals surface area contributed by atoms with Gasteiger partial charge in [-0.25, -0.2) is 4.79 Å². The number of ether oxygens (including phenoxy) is 1. The summed E-state index contributed by atoms with van der Waals surface area (Å²) < 4.78 is 10.4. The summed E-state index contributed by atoms with van der Waals surface area (Å²) in [6, 6.07) is 7.94. The van der Waals surface area contributed by atoms with E-state index in [-0.39, 0.29) is 11.9 Å². The van der Waals surface area contributed by atoms with Gasteiger partial charge in [-0.2, -0.15) is 4.98 Å². The maximum atomic E-state index is 13.1. The third kappa shape index (κ3) is 4.41. The smallest absolute Gasteiger partial charge is 0.339 e. The van der Waals surface area contributed by atoms with Gasteiger partial charge in [0.25, 0.3) is 5.91 Å². The molecular weight excluding hydrogens is 422 g/mol. The molecule has 0 radical (unpaired) electrons. The Morgan fingerprint density at radius 2 is 1.76 bits per heavy atom. The maximum absolute atomic E-state index is 13.1. The first-order chi connectivity index (χ1) is 15.8. The molecule has 3 aromatic rings. The zero-order chi connectivity index (χ0) is 23.7. The lowest BCUT2D eigenvalue weighted by Gasteiger charge is -2.36. The van der Waals surface area contributed by atoms with E-state index in [1.54, 1.807) is 18.7 Å². The Kier molecular flexibility index (Phi) is 6.33. The summed E-state index contributed by atoms with van der Waals surface area (Å²) >= 11 is 0. The first-order valence-corrected chi connectivity index (χ1v) is 11.0. The molecule has 2 aromatic heterocycles. The number of rotatable bonds is 5. The molecule has 1 amide bonds. The van der Waals surface area contributed by atoms with Crippen molar-refractivity contribution in [3.05, 3.63) is 58.2 Å². The Morgan fingerprint density at radius 1 is 1.09 bits per heavy atom. The number of hydrogen-bond donors (Lipinski definition) is 1. The van der Waals surface area contributed by atoms with E-state index in [1.807, 2.05) is 38.1 Å². The van der Waals surface area contributed by atoms with Crippen LogP contribution in [-0.2, 0) is 4.74 Å².